The molecule has 0 aliphatic carbocycles. The van der Waals surface area contributed by atoms with Crippen LogP contribution in [0.1, 0.15) is 25.0 Å². The maximum absolute atomic E-state index is 13.6. The predicted molar refractivity (Wildman–Crippen MR) is 83.5 cm³/mol. The molecule has 0 bridgehead atoms. The van der Waals surface area contributed by atoms with E-state index in [2.05, 4.69) is 19.2 Å². The summed E-state index contributed by atoms with van der Waals surface area (Å²) < 4.78 is 13.6. The van der Waals surface area contributed by atoms with Gasteiger partial charge in [-0.1, -0.05) is 31.5 Å². The van der Waals surface area contributed by atoms with Crippen LogP contribution in [-0.4, -0.2) is 6.04 Å². The first-order chi connectivity index (χ1) is 9.99. The number of nitriles is 1. The number of rotatable bonds is 4. The number of hydrogen-bond acceptors (Lipinski definition) is 2. The maximum Gasteiger partial charge on any atom is 0.125 e. The van der Waals surface area contributed by atoms with Crippen molar-refractivity contribution in [3.05, 3.63) is 58.4 Å². The fourth-order valence-electron chi connectivity index (χ4n) is 2.11. The van der Waals surface area contributed by atoms with Crippen molar-refractivity contribution < 1.29 is 4.39 Å². The molecule has 0 aliphatic heterocycles. The second kappa shape index (κ2) is 6.71. The van der Waals surface area contributed by atoms with E-state index in [1.165, 1.54) is 12.1 Å². The van der Waals surface area contributed by atoms with Gasteiger partial charge >= 0.3 is 0 Å². The lowest BCUT2D eigenvalue weighted by molar-refractivity contribution is 0.589. The summed E-state index contributed by atoms with van der Waals surface area (Å²) in [7, 11) is 0. The van der Waals surface area contributed by atoms with Gasteiger partial charge in [0.2, 0.25) is 0 Å². The van der Waals surface area contributed by atoms with E-state index in [-0.39, 0.29) is 0 Å². The number of benzene rings is 2. The van der Waals surface area contributed by atoms with Crippen LogP contribution in [0, 0.1) is 17.1 Å². The molecule has 0 spiro atoms. The second-order valence-electron chi connectivity index (χ2n) is 5.18. The minimum Gasteiger partial charge on any atom is -0.310 e. The molecule has 0 unspecified atom stereocenters. The Morgan fingerprint density at radius 2 is 2.00 bits per heavy atom. The van der Waals surface area contributed by atoms with Crippen molar-refractivity contribution in [3.63, 3.8) is 0 Å². The van der Waals surface area contributed by atoms with Gasteiger partial charge in [0, 0.05) is 17.6 Å². The van der Waals surface area contributed by atoms with Crippen LogP contribution in [0.3, 0.4) is 0 Å². The van der Waals surface area contributed by atoms with Gasteiger partial charge in [-0.05, 0) is 47.0 Å². The highest BCUT2D eigenvalue weighted by atomic mass is 35.5. The van der Waals surface area contributed by atoms with Crippen molar-refractivity contribution in [3.8, 4) is 17.2 Å². The summed E-state index contributed by atoms with van der Waals surface area (Å²) in [5, 5.41) is 12.9. The Bertz CT molecular complexity index is 690. The largest absolute Gasteiger partial charge is 0.310 e. The van der Waals surface area contributed by atoms with E-state index in [1.54, 1.807) is 12.1 Å². The molecule has 4 heteroatoms. The molecular weight excluding hydrogens is 287 g/mol. The lowest BCUT2D eigenvalue weighted by Gasteiger charge is -2.14. The Kier molecular flexibility index (Phi) is 4.95. The summed E-state index contributed by atoms with van der Waals surface area (Å²) in [5.41, 5.74) is 2.85. The first-order valence-corrected chi connectivity index (χ1v) is 7.10. The van der Waals surface area contributed by atoms with Crippen LogP contribution in [0.2, 0.25) is 5.02 Å². The molecule has 0 saturated carbocycles. The van der Waals surface area contributed by atoms with Crippen LogP contribution >= 0.6 is 11.6 Å². The molecule has 0 aromatic heterocycles. The standard InChI is InChI=1S/C17H16ClFN2/c1-11(2)21-10-14-7-15(18)3-4-17(14)13-5-12(9-20)6-16(19)8-13/h3-8,11,21H,10H2,1-2H3. The third kappa shape index (κ3) is 4.04. The Hall–Kier alpha value is -1.89. The normalized spacial score (nSPS) is 10.7. The molecule has 0 amide bonds. The highest BCUT2D eigenvalue weighted by Crippen LogP contribution is 2.28. The molecule has 1 N–H and O–H groups in total. The SMILES string of the molecule is CC(C)NCc1cc(Cl)ccc1-c1cc(F)cc(C#N)c1. The van der Waals surface area contributed by atoms with E-state index in [9.17, 15) is 4.39 Å². The van der Waals surface area contributed by atoms with Crippen LogP contribution in [0.15, 0.2) is 36.4 Å². The van der Waals surface area contributed by atoms with Crippen LogP contribution in [0.4, 0.5) is 4.39 Å². The molecule has 0 radical (unpaired) electrons. The van der Waals surface area contributed by atoms with Gasteiger partial charge in [0.15, 0.2) is 0 Å². The molecule has 0 saturated heterocycles. The van der Waals surface area contributed by atoms with Crippen molar-refractivity contribution in [2.24, 2.45) is 0 Å². The summed E-state index contributed by atoms with van der Waals surface area (Å²) in [6.07, 6.45) is 0. The van der Waals surface area contributed by atoms with E-state index in [4.69, 9.17) is 16.9 Å². The van der Waals surface area contributed by atoms with E-state index in [0.717, 1.165) is 11.1 Å². The van der Waals surface area contributed by atoms with E-state index in [0.29, 0.717) is 28.7 Å². The van der Waals surface area contributed by atoms with Gasteiger partial charge in [-0.2, -0.15) is 5.26 Å². The monoisotopic (exact) mass is 302 g/mol. The van der Waals surface area contributed by atoms with Gasteiger partial charge in [0.1, 0.15) is 5.82 Å². The molecule has 2 nitrogen and oxygen atoms in total. The average molecular weight is 303 g/mol. The summed E-state index contributed by atoms with van der Waals surface area (Å²) in [6.45, 7) is 4.74. The second-order valence-corrected chi connectivity index (χ2v) is 5.61. The third-order valence-corrected chi connectivity index (χ3v) is 3.34. The number of nitrogens with one attached hydrogen (secondary N) is 1. The fraction of sp³-hybridized carbons (Fsp3) is 0.235. The van der Waals surface area contributed by atoms with Crippen molar-refractivity contribution in [1.29, 1.82) is 5.26 Å². The molecule has 2 aromatic rings. The topological polar surface area (TPSA) is 35.8 Å². The van der Waals surface area contributed by atoms with Crippen LogP contribution in [0.25, 0.3) is 11.1 Å². The molecule has 0 aliphatic rings. The van der Waals surface area contributed by atoms with Crippen molar-refractivity contribution in [1.82, 2.24) is 5.32 Å². The first-order valence-electron chi connectivity index (χ1n) is 6.72. The van der Waals surface area contributed by atoms with Gasteiger partial charge < -0.3 is 5.32 Å². The zero-order valence-electron chi connectivity index (χ0n) is 12.0. The van der Waals surface area contributed by atoms with Crippen LogP contribution in [0.5, 0.6) is 0 Å². The van der Waals surface area contributed by atoms with Crippen molar-refractivity contribution in [2.45, 2.75) is 26.4 Å². The smallest absolute Gasteiger partial charge is 0.125 e. The van der Waals surface area contributed by atoms with Gasteiger partial charge in [-0.15, -0.1) is 0 Å². The summed E-state index contributed by atoms with van der Waals surface area (Å²) in [4.78, 5) is 0. The predicted octanol–water partition coefficient (Wildman–Crippen LogP) is 4.52. The fourth-order valence-corrected chi connectivity index (χ4v) is 2.31. The highest BCUT2D eigenvalue weighted by Gasteiger charge is 2.09. The number of hydrogen-bond donors (Lipinski definition) is 1. The third-order valence-electron chi connectivity index (χ3n) is 3.11. The number of halogens is 2. The van der Waals surface area contributed by atoms with E-state index < -0.39 is 5.82 Å². The minimum atomic E-state index is -0.415. The Morgan fingerprint density at radius 3 is 2.67 bits per heavy atom. The molecular formula is C17H16ClFN2. The minimum absolute atomic E-state index is 0.308. The van der Waals surface area contributed by atoms with Gasteiger partial charge in [0.05, 0.1) is 11.6 Å². The Balaban J connectivity index is 2.48. The molecule has 0 fully saturated rings. The Morgan fingerprint density at radius 1 is 1.24 bits per heavy atom. The average Bonchev–Trinajstić information content (AvgIpc) is 2.44. The van der Waals surface area contributed by atoms with Crippen molar-refractivity contribution in [2.75, 3.05) is 0 Å². The van der Waals surface area contributed by atoms with Gasteiger partial charge in [-0.25, -0.2) is 4.39 Å². The summed E-state index contributed by atoms with van der Waals surface area (Å²) in [6, 6.07) is 12.1. The van der Waals surface area contributed by atoms with Crippen molar-refractivity contribution >= 4 is 11.6 Å². The van der Waals surface area contributed by atoms with E-state index in [1.807, 2.05) is 18.2 Å². The Labute approximate surface area is 129 Å². The molecule has 108 valence electrons. The zero-order chi connectivity index (χ0) is 15.4. The maximum atomic E-state index is 13.6. The zero-order valence-corrected chi connectivity index (χ0v) is 12.7. The first kappa shape index (κ1) is 15.5. The molecule has 2 rings (SSSR count). The summed E-state index contributed by atoms with van der Waals surface area (Å²) in [5.74, 6) is -0.415. The van der Waals surface area contributed by atoms with Gasteiger partial charge in [-0.3, -0.25) is 0 Å². The highest BCUT2D eigenvalue weighted by molar-refractivity contribution is 6.30. The number of nitrogens with zero attached hydrogens (tertiary/aromatic N) is 1. The van der Waals surface area contributed by atoms with Gasteiger partial charge in [0.25, 0.3) is 0 Å². The van der Waals surface area contributed by atoms with Crippen LogP contribution in [-0.2, 0) is 6.54 Å². The lowest BCUT2D eigenvalue weighted by atomic mass is 9.98. The quantitative estimate of drug-likeness (QED) is 0.901. The lowest BCUT2D eigenvalue weighted by Crippen LogP contribution is -2.22. The molecule has 2 aromatic carbocycles. The summed E-state index contributed by atoms with van der Waals surface area (Å²) >= 11 is 6.06. The molecule has 0 atom stereocenters. The van der Waals surface area contributed by atoms with E-state index >= 15 is 0 Å². The molecule has 21 heavy (non-hydrogen) atoms. The van der Waals surface area contributed by atoms with Crippen LogP contribution < -0.4 is 5.32 Å². The molecule has 0 heterocycles.